The molecule has 0 aromatic heterocycles. The Morgan fingerprint density at radius 2 is 1.34 bits per heavy atom. The molecule has 18 nitrogen and oxygen atoms in total. The van der Waals surface area contributed by atoms with Gasteiger partial charge in [-0.1, -0.05) is 18.2 Å². The van der Waals surface area contributed by atoms with Crippen molar-refractivity contribution in [1.29, 1.82) is 0 Å². The molecule has 15 atom stereocenters. The average Bonchev–Trinajstić information content (AvgIpc) is 3.13. The maximum atomic E-state index is 13.0. The van der Waals surface area contributed by atoms with Crippen LogP contribution in [0.15, 0.2) is 48.5 Å². The quantitative estimate of drug-likeness (QED) is 0.0645. The van der Waals surface area contributed by atoms with Crippen molar-refractivity contribution in [3.05, 3.63) is 59.7 Å². The van der Waals surface area contributed by atoms with Crippen LogP contribution in [0.4, 0.5) is 0 Å². The fourth-order valence-electron chi connectivity index (χ4n) is 6.16. The molecule has 0 radical (unpaired) electrons. The monoisotopic (exact) mass is 754 g/mol. The van der Waals surface area contributed by atoms with Crippen LogP contribution in [0.2, 0.25) is 0 Å². The van der Waals surface area contributed by atoms with E-state index in [1.165, 1.54) is 50.3 Å². The summed E-state index contributed by atoms with van der Waals surface area (Å²) < 4.78 is 40.1. The van der Waals surface area contributed by atoms with Crippen molar-refractivity contribution in [2.24, 2.45) is 0 Å². The highest BCUT2D eigenvalue weighted by atomic mass is 16.8. The van der Waals surface area contributed by atoms with Crippen LogP contribution in [0, 0.1) is 0 Å². The molecule has 0 bridgehead atoms. The van der Waals surface area contributed by atoms with Gasteiger partial charge in [0.2, 0.25) is 0 Å². The number of aromatic hydroxyl groups is 3. The first-order valence-electron chi connectivity index (χ1n) is 16.9. The predicted molar refractivity (Wildman–Crippen MR) is 177 cm³/mol. The van der Waals surface area contributed by atoms with Gasteiger partial charge in [-0.2, -0.15) is 0 Å². The number of hydrogen-bond acceptors (Lipinski definition) is 18. The highest BCUT2D eigenvalue weighted by Crippen LogP contribution is 2.34. The van der Waals surface area contributed by atoms with Gasteiger partial charge in [-0.15, -0.1) is 0 Å². The lowest BCUT2D eigenvalue weighted by atomic mass is 9.96. The molecule has 2 aromatic rings. The van der Waals surface area contributed by atoms with E-state index in [0.717, 1.165) is 11.6 Å². The first-order valence-corrected chi connectivity index (χ1v) is 16.9. The van der Waals surface area contributed by atoms with Gasteiger partial charge in [-0.3, -0.25) is 0 Å². The lowest BCUT2D eigenvalue weighted by Gasteiger charge is -2.48. The maximum absolute atomic E-state index is 13.0. The maximum Gasteiger partial charge on any atom is 0.331 e. The molecule has 0 amide bonds. The second-order valence-electron chi connectivity index (χ2n) is 13.1. The van der Waals surface area contributed by atoms with E-state index in [-0.39, 0.29) is 18.1 Å². The molecule has 2 aromatic carbocycles. The second kappa shape index (κ2) is 17.8. The van der Waals surface area contributed by atoms with Crippen LogP contribution in [0.5, 0.6) is 17.2 Å². The zero-order chi connectivity index (χ0) is 38.6. The third-order valence-corrected chi connectivity index (χ3v) is 9.24. The van der Waals surface area contributed by atoms with Crippen LogP contribution >= 0.6 is 0 Å². The van der Waals surface area contributed by atoms with E-state index in [1.807, 2.05) is 0 Å². The van der Waals surface area contributed by atoms with E-state index in [9.17, 15) is 55.9 Å². The highest BCUT2D eigenvalue weighted by Gasteiger charge is 2.54. The fourth-order valence-corrected chi connectivity index (χ4v) is 6.16. The lowest BCUT2D eigenvalue weighted by Crippen LogP contribution is -2.66. The van der Waals surface area contributed by atoms with Crippen LogP contribution in [-0.2, 0) is 44.4 Å². The first kappa shape index (κ1) is 40.7. The van der Waals surface area contributed by atoms with Crippen molar-refractivity contribution in [2.75, 3.05) is 13.2 Å². The molecule has 3 aliphatic rings. The number of ether oxygens (including phenoxy) is 7. The summed E-state index contributed by atoms with van der Waals surface area (Å²) in [6.07, 6.45) is -20.2. The normalized spacial score (nSPS) is 37.8. The van der Waals surface area contributed by atoms with Crippen LogP contribution in [0.25, 0.3) is 6.08 Å². The summed E-state index contributed by atoms with van der Waals surface area (Å²) in [5.74, 6) is -1.74. The summed E-state index contributed by atoms with van der Waals surface area (Å²) in [4.78, 5) is 13.0. The summed E-state index contributed by atoms with van der Waals surface area (Å²) >= 11 is 0. The van der Waals surface area contributed by atoms with Gasteiger partial charge < -0.3 is 84.2 Å². The van der Waals surface area contributed by atoms with Gasteiger partial charge >= 0.3 is 5.97 Å². The minimum absolute atomic E-state index is 0.0131. The van der Waals surface area contributed by atoms with Gasteiger partial charge in [0.25, 0.3) is 0 Å². The highest BCUT2D eigenvalue weighted by molar-refractivity contribution is 5.87. The molecule has 3 fully saturated rings. The van der Waals surface area contributed by atoms with Crippen LogP contribution < -0.4 is 0 Å². The zero-order valence-corrected chi connectivity index (χ0v) is 28.7. The Morgan fingerprint density at radius 3 is 2.00 bits per heavy atom. The van der Waals surface area contributed by atoms with E-state index in [1.54, 1.807) is 12.1 Å². The van der Waals surface area contributed by atoms with Gasteiger partial charge in [0.1, 0.15) is 60.7 Å². The molecule has 3 saturated heterocycles. The molecule has 3 heterocycles. The number of aliphatic hydroxyl groups excluding tert-OH is 7. The number of phenolic OH excluding ortho intramolecular Hbond substituents is 3. The minimum atomic E-state index is -1.89. The van der Waals surface area contributed by atoms with Crippen molar-refractivity contribution in [1.82, 2.24) is 0 Å². The van der Waals surface area contributed by atoms with Gasteiger partial charge in [0, 0.05) is 6.08 Å². The molecular weight excluding hydrogens is 708 g/mol. The standard InChI is InChI=1S/C35H46O18/c1-15-24(41)25(42)27(44)34(48-15)52-30-16(2)49-35(28(45)26(30)43)53-32-29(46)33(47-12-11-17-3-7-19(37)8-4-17)50-22(14-36)31(32)51-23(40)10-6-18-5-9-20(38)21(39)13-18/h3-10,13,15-16,22,24-39,41-46H,11-12,14H2,1-2H3/b10-6+/t15-,16-,22+,24-,25+,26-,27+,28+,29+,30-,31+,32+,33+,34-,35-/m0/s1. The van der Waals surface area contributed by atoms with Crippen molar-refractivity contribution < 1.29 is 89.0 Å². The number of carbonyl (C=O) groups excluding carboxylic acids is 1. The van der Waals surface area contributed by atoms with Crippen molar-refractivity contribution >= 4 is 12.0 Å². The Bertz CT molecular complexity index is 1520. The van der Waals surface area contributed by atoms with E-state index < -0.39 is 110 Å². The summed E-state index contributed by atoms with van der Waals surface area (Å²) in [5.41, 5.74) is 1.10. The molecular formula is C35H46O18. The topological polar surface area (TPSA) is 284 Å². The number of esters is 1. The number of benzene rings is 2. The van der Waals surface area contributed by atoms with E-state index in [0.29, 0.717) is 12.0 Å². The predicted octanol–water partition coefficient (Wildman–Crippen LogP) is -1.87. The largest absolute Gasteiger partial charge is 0.508 e. The van der Waals surface area contributed by atoms with Crippen molar-refractivity contribution in [3.8, 4) is 17.2 Å². The minimum Gasteiger partial charge on any atom is -0.508 e. The lowest BCUT2D eigenvalue weighted by molar-refractivity contribution is -0.375. The molecule has 3 aliphatic heterocycles. The molecule has 0 unspecified atom stereocenters. The third-order valence-electron chi connectivity index (χ3n) is 9.24. The molecule has 53 heavy (non-hydrogen) atoms. The van der Waals surface area contributed by atoms with Crippen LogP contribution in [-0.4, -0.2) is 162 Å². The molecule has 294 valence electrons. The summed E-state index contributed by atoms with van der Waals surface area (Å²) in [5, 5.41) is 103. The smallest absolute Gasteiger partial charge is 0.331 e. The summed E-state index contributed by atoms with van der Waals surface area (Å²) in [6.45, 7) is 2.10. The van der Waals surface area contributed by atoms with Crippen molar-refractivity contribution in [3.63, 3.8) is 0 Å². The van der Waals surface area contributed by atoms with Gasteiger partial charge in [-0.25, -0.2) is 4.79 Å². The molecule has 0 saturated carbocycles. The first-order chi connectivity index (χ1) is 25.2. The average molecular weight is 755 g/mol. The Balaban J connectivity index is 1.32. The molecule has 18 heteroatoms. The Morgan fingerprint density at radius 1 is 0.698 bits per heavy atom. The third kappa shape index (κ3) is 9.62. The number of carbonyl (C=O) groups is 1. The number of phenols is 3. The SMILES string of the molecule is C[C@@H]1O[C@@H](O[C@@H]2[C@@H](O)[C@@H](O)[C@H](O[C@@H]3[C@@H](O)[C@H](OCCc4ccc(O)cc4)O[C@H](CO)[C@H]3OC(=O)/C=C/c3ccc(O)c(O)c3)O[C@H]2C)[C@H](O)[C@H](O)[C@H]1O. The summed E-state index contributed by atoms with van der Waals surface area (Å²) in [7, 11) is 0. The number of aliphatic hydroxyl groups is 7. The van der Waals surface area contributed by atoms with Gasteiger partial charge in [0.05, 0.1) is 25.4 Å². The van der Waals surface area contributed by atoms with Gasteiger partial charge in [0.15, 0.2) is 36.5 Å². The molecule has 10 N–H and O–H groups in total. The number of rotatable bonds is 12. The number of hydrogen-bond donors (Lipinski definition) is 10. The molecule has 0 aliphatic carbocycles. The Hall–Kier alpha value is -3.47. The van der Waals surface area contributed by atoms with Crippen molar-refractivity contribution in [2.45, 2.75) is 112 Å². The zero-order valence-electron chi connectivity index (χ0n) is 28.7. The molecule has 0 spiro atoms. The van der Waals surface area contributed by atoms with E-state index >= 15 is 0 Å². The van der Waals surface area contributed by atoms with Gasteiger partial charge in [-0.05, 0) is 61.7 Å². The fraction of sp³-hybridized carbons (Fsp3) is 0.571. The Kier molecular flexibility index (Phi) is 13.7. The van der Waals surface area contributed by atoms with E-state index in [2.05, 4.69) is 0 Å². The van der Waals surface area contributed by atoms with Crippen LogP contribution in [0.3, 0.4) is 0 Å². The second-order valence-corrected chi connectivity index (χ2v) is 13.1. The Labute approximate surface area is 303 Å². The van der Waals surface area contributed by atoms with E-state index in [4.69, 9.17) is 33.2 Å². The van der Waals surface area contributed by atoms with Crippen LogP contribution in [0.1, 0.15) is 25.0 Å². The summed E-state index contributed by atoms with van der Waals surface area (Å²) in [6, 6.07) is 10.1. The molecule has 5 rings (SSSR count).